The lowest BCUT2D eigenvalue weighted by atomic mass is 9.94. The van der Waals surface area contributed by atoms with E-state index >= 15 is 0 Å². The Morgan fingerprint density at radius 3 is 2.39 bits per heavy atom. The normalized spacial score (nSPS) is 16.1. The van der Waals surface area contributed by atoms with Gasteiger partial charge in [0.15, 0.2) is 5.11 Å². The minimum Gasteiger partial charge on any atom is -0.351 e. The predicted octanol–water partition coefficient (Wildman–Crippen LogP) is 5.91. The lowest BCUT2D eigenvalue weighted by Crippen LogP contribution is -2.45. The van der Waals surface area contributed by atoms with Crippen LogP contribution >= 0.6 is 12.2 Å². The average molecular weight is 453 g/mol. The number of aromatic nitrogens is 2. The molecule has 1 aliphatic rings. The predicted molar refractivity (Wildman–Crippen MR) is 134 cm³/mol. The van der Waals surface area contributed by atoms with Gasteiger partial charge in [-0.2, -0.15) is 4.98 Å². The summed E-state index contributed by atoms with van der Waals surface area (Å²) in [6, 6.07) is 28.4. The van der Waals surface area contributed by atoms with Gasteiger partial charge < -0.3 is 14.7 Å². The van der Waals surface area contributed by atoms with E-state index in [9.17, 15) is 0 Å². The number of aryl methyl sites for hydroxylation is 1. The Bertz CT molecular complexity index is 1310. The molecule has 5 nitrogen and oxygen atoms in total. The first-order chi connectivity index (χ1) is 16.1. The number of nitrogens with zero attached hydrogens (tertiary/aromatic N) is 3. The van der Waals surface area contributed by atoms with Crippen LogP contribution in [0, 0.1) is 6.92 Å². The summed E-state index contributed by atoms with van der Waals surface area (Å²) < 4.78 is 5.83. The van der Waals surface area contributed by atoms with Gasteiger partial charge in [-0.15, -0.1) is 0 Å². The standard InChI is InChI=1S/C27H24N4OS/c1-18-10-9-15-22(16-18)25-29-26(32-30-25)23-19(2)31(17-20-11-5-3-6-12-20)27(33)28-24(23)21-13-7-4-8-14-21/h3-16,24H,17H2,1-2H3,(H,28,33). The third-order valence-electron chi connectivity index (χ3n) is 5.85. The highest BCUT2D eigenvalue weighted by atomic mass is 32.1. The average Bonchev–Trinajstić information content (AvgIpc) is 3.32. The van der Waals surface area contributed by atoms with E-state index in [0.717, 1.165) is 28.0 Å². The molecular formula is C27H24N4OS. The van der Waals surface area contributed by atoms with Gasteiger partial charge in [-0.25, -0.2) is 0 Å². The second-order valence-corrected chi connectivity index (χ2v) is 8.54. The fraction of sp³-hybridized carbons (Fsp3) is 0.148. The van der Waals surface area contributed by atoms with E-state index in [1.54, 1.807) is 0 Å². The van der Waals surface area contributed by atoms with Gasteiger partial charge in [0, 0.05) is 17.8 Å². The SMILES string of the molecule is CC1=C(c2nc(-c3cccc(C)c3)no2)C(c2ccccc2)NC(=S)N1Cc1ccccc1. The van der Waals surface area contributed by atoms with Gasteiger partial charge in [-0.1, -0.05) is 89.6 Å². The third kappa shape index (κ3) is 4.30. The summed E-state index contributed by atoms with van der Waals surface area (Å²) in [6.45, 7) is 4.77. The summed E-state index contributed by atoms with van der Waals surface area (Å²) in [5, 5.41) is 8.48. The first kappa shape index (κ1) is 21.1. The molecule has 0 bridgehead atoms. The van der Waals surface area contributed by atoms with E-state index in [0.29, 0.717) is 23.4 Å². The molecular weight excluding hydrogens is 428 g/mol. The van der Waals surface area contributed by atoms with E-state index in [-0.39, 0.29) is 6.04 Å². The van der Waals surface area contributed by atoms with E-state index in [1.807, 2.05) is 48.5 Å². The van der Waals surface area contributed by atoms with Crippen LogP contribution in [0.2, 0.25) is 0 Å². The molecule has 0 amide bonds. The summed E-state index contributed by atoms with van der Waals surface area (Å²) in [6.07, 6.45) is 0. The van der Waals surface area contributed by atoms with Crippen molar-refractivity contribution in [3.8, 4) is 11.4 Å². The van der Waals surface area contributed by atoms with Crippen LogP contribution in [0.15, 0.2) is 95.1 Å². The molecule has 1 atom stereocenters. The zero-order valence-electron chi connectivity index (χ0n) is 18.5. The Balaban J connectivity index is 1.60. The number of nitrogens with one attached hydrogen (secondary N) is 1. The fourth-order valence-corrected chi connectivity index (χ4v) is 4.46. The monoisotopic (exact) mass is 452 g/mol. The molecule has 0 saturated carbocycles. The molecule has 0 spiro atoms. The van der Waals surface area contributed by atoms with Crippen molar-refractivity contribution < 1.29 is 4.52 Å². The molecule has 4 aromatic rings. The maximum absolute atomic E-state index is 5.83. The van der Waals surface area contributed by atoms with Crippen LogP contribution in [0.1, 0.15) is 35.5 Å². The summed E-state index contributed by atoms with van der Waals surface area (Å²) in [5.41, 5.74) is 6.26. The molecule has 0 fully saturated rings. The number of hydrogen-bond donors (Lipinski definition) is 1. The Morgan fingerprint density at radius 1 is 0.939 bits per heavy atom. The highest BCUT2D eigenvalue weighted by molar-refractivity contribution is 7.80. The van der Waals surface area contributed by atoms with Gasteiger partial charge in [0.25, 0.3) is 5.89 Å². The van der Waals surface area contributed by atoms with Gasteiger partial charge in [-0.3, -0.25) is 0 Å². The molecule has 5 rings (SSSR count). The second kappa shape index (κ2) is 9.00. The second-order valence-electron chi connectivity index (χ2n) is 8.16. The van der Waals surface area contributed by atoms with E-state index in [4.69, 9.17) is 21.7 Å². The number of rotatable bonds is 5. The van der Waals surface area contributed by atoms with E-state index in [1.165, 1.54) is 5.56 Å². The molecule has 1 unspecified atom stereocenters. The number of hydrogen-bond acceptors (Lipinski definition) is 4. The number of benzene rings is 3. The van der Waals surface area contributed by atoms with E-state index < -0.39 is 0 Å². The van der Waals surface area contributed by atoms with Crippen LogP contribution in [-0.4, -0.2) is 20.2 Å². The molecule has 1 aliphatic heterocycles. The van der Waals surface area contributed by atoms with Crippen molar-refractivity contribution in [3.05, 3.63) is 113 Å². The maximum Gasteiger partial charge on any atom is 0.258 e. The quantitative estimate of drug-likeness (QED) is 0.380. The minimum atomic E-state index is -0.184. The van der Waals surface area contributed by atoms with Crippen LogP contribution in [-0.2, 0) is 6.54 Å². The number of allylic oxidation sites excluding steroid dienone is 1. The highest BCUT2D eigenvalue weighted by Gasteiger charge is 2.34. The van der Waals surface area contributed by atoms with Crippen LogP contribution in [0.3, 0.4) is 0 Å². The Hall–Kier alpha value is -3.77. The topological polar surface area (TPSA) is 54.2 Å². The van der Waals surface area contributed by atoms with Crippen molar-refractivity contribution in [3.63, 3.8) is 0 Å². The molecule has 1 aromatic heterocycles. The van der Waals surface area contributed by atoms with Crippen molar-refractivity contribution in [2.45, 2.75) is 26.4 Å². The highest BCUT2D eigenvalue weighted by Crippen LogP contribution is 2.37. The van der Waals surface area contributed by atoms with Crippen molar-refractivity contribution in [2.24, 2.45) is 0 Å². The molecule has 3 aromatic carbocycles. The maximum atomic E-state index is 5.83. The molecule has 1 N–H and O–H groups in total. The van der Waals surface area contributed by atoms with Gasteiger partial charge >= 0.3 is 0 Å². The van der Waals surface area contributed by atoms with Crippen molar-refractivity contribution in [1.82, 2.24) is 20.4 Å². The zero-order chi connectivity index (χ0) is 22.8. The first-order valence-corrected chi connectivity index (χ1v) is 11.3. The third-order valence-corrected chi connectivity index (χ3v) is 6.18. The molecule has 6 heteroatoms. The summed E-state index contributed by atoms with van der Waals surface area (Å²) in [4.78, 5) is 6.89. The molecule has 2 heterocycles. The molecule has 33 heavy (non-hydrogen) atoms. The Labute approximate surface area is 198 Å². The Morgan fingerprint density at radius 2 is 1.67 bits per heavy atom. The molecule has 0 saturated heterocycles. The van der Waals surface area contributed by atoms with Crippen LogP contribution in [0.4, 0.5) is 0 Å². The fourth-order valence-electron chi connectivity index (χ4n) is 4.14. The van der Waals surface area contributed by atoms with Gasteiger partial charge in [0.1, 0.15) is 0 Å². The van der Waals surface area contributed by atoms with Gasteiger partial charge in [0.2, 0.25) is 5.82 Å². The zero-order valence-corrected chi connectivity index (χ0v) is 19.3. The van der Waals surface area contributed by atoms with Gasteiger partial charge in [0.05, 0.1) is 11.6 Å². The molecule has 0 radical (unpaired) electrons. The van der Waals surface area contributed by atoms with Crippen molar-refractivity contribution >= 4 is 22.9 Å². The lowest BCUT2D eigenvalue weighted by molar-refractivity contribution is 0.396. The van der Waals surface area contributed by atoms with Crippen LogP contribution in [0.25, 0.3) is 17.0 Å². The van der Waals surface area contributed by atoms with Crippen molar-refractivity contribution in [2.75, 3.05) is 0 Å². The summed E-state index contributed by atoms with van der Waals surface area (Å²) in [7, 11) is 0. The summed E-state index contributed by atoms with van der Waals surface area (Å²) >= 11 is 5.79. The Kier molecular flexibility index (Phi) is 5.75. The van der Waals surface area contributed by atoms with Crippen molar-refractivity contribution in [1.29, 1.82) is 0 Å². The largest absolute Gasteiger partial charge is 0.351 e. The van der Waals surface area contributed by atoms with Gasteiger partial charge in [-0.05, 0) is 43.3 Å². The number of thiocarbonyl (C=S) groups is 1. The molecule has 164 valence electrons. The first-order valence-electron chi connectivity index (χ1n) is 10.9. The van der Waals surface area contributed by atoms with E-state index in [2.05, 4.69) is 65.6 Å². The molecule has 0 aliphatic carbocycles. The minimum absolute atomic E-state index is 0.184. The smallest absolute Gasteiger partial charge is 0.258 e. The summed E-state index contributed by atoms with van der Waals surface area (Å²) in [5.74, 6) is 1.06. The van der Waals surface area contributed by atoms with Crippen LogP contribution in [0.5, 0.6) is 0 Å². The van der Waals surface area contributed by atoms with Crippen LogP contribution < -0.4 is 5.32 Å². The lowest BCUT2D eigenvalue weighted by Gasteiger charge is -2.37.